The van der Waals surface area contributed by atoms with Crippen LogP contribution < -0.4 is 10.2 Å². The number of allylic oxidation sites excluding steroid dienone is 2. The molecule has 4 atom stereocenters. The van der Waals surface area contributed by atoms with Gasteiger partial charge in [-0.3, -0.25) is 24.7 Å². The van der Waals surface area contributed by atoms with Crippen LogP contribution in [-0.2, 0) is 25.6 Å². The van der Waals surface area contributed by atoms with E-state index in [0.29, 0.717) is 60.8 Å². The van der Waals surface area contributed by atoms with Crippen LogP contribution in [0.4, 0.5) is 4.39 Å². The van der Waals surface area contributed by atoms with Crippen LogP contribution >= 0.6 is 11.6 Å². The number of fused-ring (bicyclic) bond motifs is 2. The number of nitrogens with zero attached hydrogens (tertiary/aromatic N) is 2. The summed E-state index contributed by atoms with van der Waals surface area (Å²) in [6.45, 7) is 2.94. The molecule has 1 saturated heterocycles. The molecule has 3 aliphatic heterocycles. The number of hydrogen-bond donors (Lipinski definition) is 2. The second-order valence-corrected chi connectivity index (χ2v) is 12.3. The van der Waals surface area contributed by atoms with Crippen LogP contribution in [0.3, 0.4) is 0 Å². The highest BCUT2D eigenvalue weighted by molar-refractivity contribution is 6.31. The molecule has 224 valence electrons. The zero-order valence-electron chi connectivity index (χ0n) is 23.5. The minimum Gasteiger partial charge on any atom is -0.487 e. The van der Waals surface area contributed by atoms with Crippen LogP contribution in [0.2, 0.25) is 5.02 Å². The molecule has 2 N–H and O–H groups in total. The Morgan fingerprint density at radius 2 is 2.07 bits per heavy atom. The molecule has 1 aromatic rings. The third kappa shape index (κ3) is 4.98. The normalized spacial score (nSPS) is 28.8. The summed E-state index contributed by atoms with van der Waals surface area (Å²) in [6.07, 6.45) is 8.08. The molecule has 9 nitrogen and oxygen atoms in total. The SMILES string of the molecule is C[C@@]1(C(=O)O)CCCCC1C(=O)N1CCc2c(Cl)ccc(OCC3=C4C=CC=C(F)C4ON3)c2[C@H]1CN1CCCC1=O. The van der Waals surface area contributed by atoms with Crippen molar-refractivity contribution in [2.45, 2.75) is 64.0 Å². The van der Waals surface area contributed by atoms with E-state index in [0.717, 1.165) is 30.4 Å². The fraction of sp³-hybridized carbons (Fsp3) is 0.516. The van der Waals surface area contributed by atoms with Crippen LogP contribution in [0, 0.1) is 11.3 Å². The molecule has 6 rings (SSSR count). The van der Waals surface area contributed by atoms with Crippen LogP contribution in [0.25, 0.3) is 0 Å². The first-order valence-electron chi connectivity index (χ1n) is 14.6. The molecule has 2 aliphatic carbocycles. The molecule has 3 heterocycles. The van der Waals surface area contributed by atoms with Gasteiger partial charge in [-0.25, -0.2) is 4.39 Å². The number of halogens is 2. The van der Waals surface area contributed by atoms with Gasteiger partial charge in [0, 0.05) is 42.2 Å². The zero-order valence-corrected chi connectivity index (χ0v) is 24.3. The molecule has 2 unspecified atom stereocenters. The Hall–Kier alpha value is -3.37. The van der Waals surface area contributed by atoms with E-state index in [1.165, 1.54) is 6.08 Å². The van der Waals surface area contributed by atoms with Gasteiger partial charge in [0.25, 0.3) is 0 Å². The molecule has 2 fully saturated rings. The third-order valence-corrected chi connectivity index (χ3v) is 9.85. The Morgan fingerprint density at radius 3 is 2.83 bits per heavy atom. The van der Waals surface area contributed by atoms with Gasteiger partial charge < -0.3 is 19.6 Å². The molecule has 42 heavy (non-hydrogen) atoms. The summed E-state index contributed by atoms with van der Waals surface area (Å²) in [4.78, 5) is 48.4. The molecule has 2 amide bonds. The van der Waals surface area contributed by atoms with Gasteiger partial charge in [-0.15, -0.1) is 0 Å². The Kier molecular flexibility index (Phi) is 7.78. The van der Waals surface area contributed by atoms with Crippen molar-refractivity contribution in [3.63, 3.8) is 0 Å². The lowest BCUT2D eigenvalue weighted by molar-refractivity contribution is -0.162. The van der Waals surface area contributed by atoms with E-state index in [1.807, 2.05) is 0 Å². The number of nitrogens with one attached hydrogen (secondary N) is 1. The number of ether oxygens (including phenoxy) is 1. The van der Waals surface area contributed by atoms with E-state index in [4.69, 9.17) is 21.2 Å². The smallest absolute Gasteiger partial charge is 0.310 e. The van der Waals surface area contributed by atoms with Crippen molar-refractivity contribution >= 4 is 29.4 Å². The van der Waals surface area contributed by atoms with E-state index in [1.54, 1.807) is 41.0 Å². The van der Waals surface area contributed by atoms with Gasteiger partial charge >= 0.3 is 5.97 Å². The van der Waals surface area contributed by atoms with Crippen LogP contribution in [0.1, 0.15) is 62.6 Å². The second-order valence-electron chi connectivity index (χ2n) is 11.9. The first-order valence-corrected chi connectivity index (χ1v) is 15.0. The van der Waals surface area contributed by atoms with Crippen molar-refractivity contribution in [2.75, 3.05) is 26.2 Å². The molecule has 0 spiro atoms. The molecule has 0 bridgehead atoms. The number of likely N-dealkylation sites (tertiary alicyclic amines) is 1. The van der Waals surface area contributed by atoms with Crippen molar-refractivity contribution in [3.8, 4) is 5.75 Å². The van der Waals surface area contributed by atoms with E-state index < -0.39 is 35.3 Å². The van der Waals surface area contributed by atoms with Gasteiger partial charge in [0.1, 0.15) is 18.2 Å². The first-order chi connectivity index (χ1) is 20.2. The highest BCUT2D eigenvalue weighted by Crippen LogP contribution is 2.46. The maximum atomic E-state index is 14.3. The number of hydrogen-bond acceptors (Lipinski definition) is 6. The second kappa shape index (κ2) is 11.4. The molecule has 5 aliphatic rings. The minimum atomic E-state index is -1.16. The van der Waals surface area contributed by atoms with Gasteiger partial charge in [-0.2, -0.15) is 0 Å². The zero-order chi connectivity index (χ0) is 29.6. The van der Waals surface area contributed by atoms with Crippen LogP contribution in [-0.4, -0.2) is 65.0 Å². The molecular weight excluding hydrogens is 565 g/mol. The van der Waals surface area contributed by atoms with E-state index in [-0.39, 0.29) is 25.0 Å². The Balaban J connectivity index is 1.36. The molecule has 1 aromatic carbocycles. The van der Waals surface area contributed by atoms with E-state index >= 15 is 0 Å². The average Bonchev–Trinajstić information content (AvgIpc) is 3.59. The number of amides is 2. The molecule has 0 aromatic heterocycles. The quantitative estimate of drug-likeness (QED) is 0.470. The monoisotopic (exact) mass is 599 g/mol. The Bertz CT molecular complexity index is 1410. The molecule has 1 saturated carbocycles. The number of hydroxylamine groups is 1. The minimum absolute atomic E-state index is 0.0246. The summed E-state index contributed by atoms with van der Waals surface area (Å²) >= 11 is 6.71. The lowest BCUT2D eigenvalue weighted by Gasteiger charge is -2.45. The highest BCUT2D eigenvalue weighted by atomic mass is 35.5. The van der Waals surface area contributed by atoms with Crippen molar-refractivity contribution in [2.24, 2.45) is 11.3 Å². The topological polar surface area (TPSA) is 108 Å². The standard InChI is InChI=1S/C31H35ClFN3O6/c1-31(30(39)40)13-3-2-7-20(31)29(38)36-15-12-18-21(32)10-11-25(27(18)24(36)16-35-14-5-9-26(35)37)41-17-23-19-6-4-8-22(33)28(19)42-34-23/h4,6,8,10-11,20,24,28,34H,2-3,5,7,9,12-17H2,1H3,(H,39,40)/t20?,24-,28?,31-/m1/s1. The predicted octanol–water partition coefficient (Wildman–Crippen LogP) is 4.63. The van der Waals surface area contributed by atoms with Crippen molar-refractivity contribution in [3.05, 3.63) is 63.6 Å². The summed E-state index contributed by atoms with van der Waals surface area (Å²) in [6, 6.07) is 2.95. The van der Waals surface area contributed by atoms with E-state index in [2.05, 4.69) is 5.48 Å². The summed E-state index contributed by atoms with van der Waals surface area (Å²) in [5, 5.41) is 10.7. The lowest BCUT2D eigenvalue weighted by atomic mass is 9.66. The number of benzene rings is 1. The fourth-order valence-electron chi connectivity index (χ4n) is 7.05. The lowest BCUT2D eigenvalue weighted by Crippen LogP contribution is -2.52. The number of rotatable bonds is 7. The van der Waals surface area contributed by atoms with Crippen molar-refractivity contribution < 1.29 is 33.5 Å². The average molecular weight is 600 g/mol. The van der Waals surface area contributed by atoms with Gasteiger partial charge in [0.2, 0.25) is 11.8 Å². The molecule has 0 radical (unpaired) electrons. The summed E-state index contributed by atoms with van der Waals surface area (Å²) in [7, 11) is 0. The van der Waals surface area contributed by atoms with Gasteiger partial charge in [0.15, 0.2) is 6.10 Å². The Labute approximate surface area is 248 Å². The predicted molar refractivity (Wildman–Crippen MR) is 152 cm³/mol. The van der Waals surface area contributed by atoms with Crippen molar-refractivity contribution in [1.29, 1.82) is 0 Å². The summed E-state index contributed by atoms with van der Waals surface area (Å²) < 4.78 is 20.6. The highest BCUT2D eigenvalue weighted by Gasteiger charge is 2.50. The van der Waals surface area contributed by atoms with Gasteiger partial charge in [0.05, 0.1) is 23.1 Å². The maximum Gasteiger partial charge on any atom is 0.310 e. The number of carboxylic acids is 1. The van der Waals surface area contributed by atoms with Gasteiger partial charge in [-0.1, -0.05) is 36.6 Å². The van der Waals surface area contributed by atoms with Gasteiger partial charge in [-0.05, 0) is 56.4 Å². The fourth-order valence-corrected chi connectivity index (χ4v) is 7.31. The third-order valence-electron chi connectivity index (χ3n) is 9.50. The number of carbonyl (C=O) groups is 3. The summed E-state index contributed by atoms with van der Waals surface area (Å²) in [5.41, 5.74) is 4.41. The number of carboxylic acid groups (broad SMARTS) is 1. The van der Waals surface area contributed by atoms with Crippen molar-refractivity contribution in [1.82, 2.24) is 15.3 Å². The molecule has 11 heteroatoms. The maximum absolute atomic E-state index is 14.3. The largest absolute Gasteiger partial charge is 0.487 e. The van der Waals surface area contributed by atoms with Crippen LogP contribution in [0.15, 0.2) is 47.5 Å². The molecular formula is C31H35ClFN3O6. The van der Waals surface area contributed by atoms with Crippen LogP contribution in [0.5, 0.6) is 5.75 Å². The Morgan fingerprint density at radius 1 is 1.24 bits per heavy atom. The first kappa shape index (κ1) is 28.7. The summed E-state index contributed by atoms with van der Waals surface area (Å²) in [5.74, 6) is -1.71. The van der Waals surface area contributed by atoms with E-state index in [9.17, 15) is 23.9 Å². The number of carbonyl (C=O) groups excluding carboxylic acids is 2. The number of aliphatic carboxylic acids is 1.